The van der Waals surface area contributed by atoms with Crippen LogP contribution in [0.4, 0.5) is 21.9 Å². The highest BCUT2D eigenvalue weighted by atomic mass is 16.2. The van der Waals surface area contributed by atoms with E-state index in [9.17, 15) is 9.59 Å². The van der Waals surface area contributed by atoms with Gasteiger partial charge < -0.3 is 16.0 Å². The van der Waals surface area contributed by atoms with Crippen molar-refractivity contribution in [1.29, 1.82) is 0 Å². The Morgan fingerprint density at radius 2 is 1.46 bits per heavy atom. The molecule has 2 aromatic rings. The first-order valence-electron chi connectivity index (χ1n) is 9.21. The molecule has 2 aliphatic carbocycles. The lowest BCUT2D eigenvalue weighted by Crippen LogP contribution is -2.27. The monoisotopic (exact) mass is 349 g/mol. The smallest absolute Gasteiger partial charge is 0.323 e. The Bertz CT molecular complexity index is 806. The molecule has 5 nitrogen and oxygen atoms in total. The van der Waals surface area contributed by atoms with Crippen molar-refractivity contribution in [3.8, 4) is 0 Å². The summed E-state index contributed by atoms with van der Waals surface area (Å²) >= 11 is 0. The molecule has 2 aliphatic rings. The highest BCUT2D eigenvalue weighted by Crippen LogP contribution is 2.48. The van der Waals surface area contributed by atoms with Crippen molar-refractivity contribution in [3.63, 3.8) is 0 Å². The molecule has 2 saturated carbocycles. The molecule has 3 unspecified atom stereocenters. The second kappa shape index (κ2) is 7.20. The number of hydrogen-bond donors (Lipinski definition) is 3. The van der Waals surface area contributed by atoms with Crippen molar-refractivity contribution < 1.29 is 9.59 Å². The zero-order chi connectivity index (χ0) is 17.9. The van der Waals surface area contributed by atoms with Crippen molar-refractivity contribution in [1.82, 2.24) is 0 Å². The molecule has 5 heteroatoms. The summed E-state index contributed by atoms with van der Waals surface area (Å²) < 4.78 is 0. The Morgan fingerprint density at radius 3 is 2.15 bits per heavy atom. The Balaban J connectivity index is 1.35. The summed E-state index contributed by atoms with van der Waals surface area (Å²) in [5, 5.41) is 8.60. The topological polar surface area (TPSA) is 70.2 Å². The van der Waals surface area contributed by atoms with Crippen LogP contribution in [0.5, 0.6) is 0 Å². The molecule has 134 valence electrons. The Morgan fingerprint density at radius 1 is 0.769 bits per heavy atom. The number of amides is 3. The molecule has 26 heavy (non-hydrogen) atoms. The predicted octanol–water partition coefficient (Wildman–Crippen LogP) is 4.71. The van der Waals surface area contributed by atoms with E-state index < -0.39 is 0 Å². The van der Waals surface area contributed by atoms with Crippen LogP contribution in [-0.2, 0) is 4.79 Å². The molecule has 0 aliphatic heterocycles. The molecule has 3 amide bonds. The number of benzene rings is 2. The van der Waals surface area contributed by atoms with Crippen LogP contribution in [0.1, 0.15) is 25.7 Å². The maximum absolute atomic E-state index is 12.6. The van der Waals surface area contributed by atoms with Crippen molar-refractivity contribution in [2.75, 3.05) is 16.0 Å². The Hall–Kier alpha value is -2.82. The number of carbonyl (C=O) groups is 2. The normalized spacial score (nSPS) is 23.5. The molecule has 2 bridgehead atoms. The van der Waals surface area contributed by atoms with Gasteiger partial charge in [0.2, 0.25) is 5.91 Å². The number of nitrogens with one attached hydrogen (secondary N) is 3. The number of urea groups is 1. The van der Waals surface area contributed by atoms with Gasteiger partial charge in [-0.1, -0.05) is 30.7 Å². The van der Waals surface area contributed by atoms with Gasteiger partial charge >= 0.3 is 6.03 Å². The van der Waals surface area contributed by atoms with Crippen LogP contribution in [0.2, 0.25) is 0 Å². The minimum absolute atomic E-state index is 0.114. The first-order valence-corrected chi connectivity index (χ1v) is 9.21. The molecule has 2 fully saturated rings. The van der Waals surface area contributed by atoms with Crippen LogP contribution < -0.4 is 16.0 Å². The molecular weight excluding hydrogens is 326 g/mol. The first-order chi connectivity index (χ1) is 12.7. The van der Waals surface area contributed by atoms with Crippen LogP contribution in [-0.4, -0.2) is 11.9 Å². The largest absolute Gasteiger partial charge is 0.326 e. The van der Waals surface area contributed by atoms with E-state index in [0.717, 1.165) is 23.7 Å². The zero-order valence-corrected chi connectivity index (χ0v) is 14.6. The van der Waals surface area contributed by atoms with Crippen LogP contribution in [0.15, 0.2) is 54.6 Å². The van der Waals surface area contributed by atoms with Gasteiger partial charge in [0.1, 0.15) is 0 Å². The van der Waals surface area contributed by atoms with E-state index >= 15 is 0 Å². The lowest BCUT2D eigenvalue weighted by molar-refractivity contribution is -0.121. The van der Waals surface area contributed by atoms with Gasteiger partial charge in [-0.2, -0.15) is 0 Å². The van der Waals surface area contributed by atoms with E-state index in [1.807, 2.05) is 42.5 Å². The highest BCUT2D eigenvalue weighted by Gasteiger charge is 2.42. The quantitative estimate of drug-likeness (QED) is 0.748. The van der Waals surface area contributed by atoms with Crippen LogP contribution in [0, 0.1) is 17.8 Å². The maximum Gasteiger partial charge on any atom is 0.323 e. The molecule has 3 N–H and O–H groups in total. The third kappa shape index (κ3) is 3.72. The summed E-state index contributed by atoms with van der Waals surface area (Å²) in [5.41, 5.74) is 2.09. The van der Waals surface area contributed by atoms with Gasteiger partial charge in [-0.05, 0) is 61.4 Å². The second-order valence-corrected chi connectivity index (χ2v) is 7.30. The van der Waals surface area contributed by atoms with Crippen molar-refractivity contribution in [3.05, 3.63) is 54.6 Å². The van der Waals surface area contributed by atoms with Gasteiger partial charge in [-0.25, -0.2) is 4.79 Å². The third-order valence-corrected chi connectivity index (χ3v) is 5.49. The third-order valence-electron chi connectivity index (χ3n) is 5.49. The van der Waals surface area contributed by atoms with Gasteiger partial charge in [-0.15, -0.1) is 0 Å². The molecule has 2 aromatic carbocycles. The number of hydrogen-bond acceptors (Lipinski definition) is 2. The summed E-state index contributed by atoms with van der Waals surface area (Å²) in [6, 6.07) is 16.2. The van der Waals surface area contributed by atoms with Gasteiger partial charge in [0.15, 0.2) is 0 Å². The number of carbonyl (C=O) groups excluding carboxylic acids is 2. The van der Waals surface area contributed by atoms with Crippen LogP contribution in [0.3, 0.4) is 0 Å². The standard InChI is InChI=1S/C21H23N3O2/c25-20(19-12-14-9-10-15(19)11-14)22-17-7-4-8-18(13-17)24-21(26)23-16-5-2-1-3-6-16/h1-8,13-15,19H,9-12H2,(H,22,25)(H2,23,24,26). The summed E-state index contributed by atoms with van der Waals surface area (Å²) in [6.07, 6.45) is 4.70. The van der Waals surface area contributed by atoms with Gasteiger partial charge in [0, 0.05) is 23.0 Å². The molecule has 3 atom stereocenters. The van der Waals surface area contributed by atoms with Crippen molar-refractivity contribution in [2.24, 2.45) is 17.8 Å². The van der Waals surface area contributed by atoms with Crippen LogP contribution >= 0.6 is 0 Å². The lowest BCUT2D eigenvalue weighted by Gasteiger charge is -2.21. The molecule has 0 spiro atoms. The number of para-hydroxylation sites is 1. The summed E-state index contributed by atoms with van der Waals surface area (Å²) in [4.78, 5) is 24.7. The van der Waals surface area contributed by atoms with Crippen molar-refractivity contribution >= 4 is 29.0 Å². The van der Waals surface area contributed by atoms with E-state index in [1.54, 1.807) is 12.1 Å². The molecule has 0 heterocycles. The van der Waals surface area contributed by atoms with Crippen molar-refractivity contribution in [2.45, 2.75) is 25.7 Å². The molecule has 0 radical (unpaired) electrons. The minimum atomic E-state index is -0.312. The number of fused-ring (bicyclic) bond motifs is 2. The Kier molecular flexibility index (Phi) is 4.61. The number of anilines is 3. The van der Waals surface area contributed by atoms with Crippen LogP contribution in [0.25, 0.3) is 0 Å². The van der Waals surface area contributed by atoms with Gasteiger partial charge in [0.05, 0.1) is 0 Å². The average molecular weight is 349 g/mol. The average Bonchev–Trinajstić information content (AvgIpc) is 3.26. The SMILES string of the molecule is O=C(Nc1ccccc1)Nc1cccc(NC(=O)C2CC3CCC2C3)c1. The zero-order valence-electron chi connectivity index (χ0n) is 14.6. The molecule has 4 rings (SSSR count). The van der Waals surface area contributed by atoms with E-state index in [0.29, 0.717) is 11.6 Å². The van der Waals surface area contributed by atoms with Gasteiger partial charge in [0.25, 0.3) is 0 Å². The van der Waals surface area contributed by atoms with Gasteiger partial charge in [-0.3, -0.25) is 4.79 Å². The molecular formula is C21H23N3O2. The highest BCUT2D eigenvalue weighted by molar-refractivity contribution is 6.00. The van der Waals surface area contributed by atoms with E-state index in [2.05, 4.69) is 16.0 Å². The summed E-state index contributed by atoms with van der Waals surface area (Å²) in [6.45, 7) is 0. The fourth-order valence-electron chi connectivity index (χ4n) is 4.29. The lowest BCUT2D eigenvalue weighted by atomic mass is 9.88. The summed E-state index contributed by atoms with van der Waals surface area (Å²) in [7, 11) is 0. The number of rotatable bonds is 4. The predicted molar refractivity (Wildman–Crippen MR) is 103 cm³/mol. The minimum Gasteiger partial charge on any atom is -0.326 e. The van der Waals surface area contributed by atoms with E-state index in [4.69, 9.17) is 0 Å². The fraction of sp³-hybridized carbons (Fsp3) is 0.333. The molecule has 0 saturated heterocycles. The van der Waals surface area contributed by atoms with E-state index in [-0.39, 0.29) is 17.9 Å². The first kappa shape index (κ1) is 16.6. The second-order valence-electron chi connectivity index (χ2n) is 7.30. The Labute approximate surface area is 153 Å². The molecule has 0 aromatic heterocycles. The summed E-state index contributed by atoms with van der Waals surface area (Å²) in [5.74, 6) is 1.55. The maximum atomic E-state index is 12.6. The van der Waals surface area contributed by atoms with E-state index in [1.165, 1.54) is 19.3 Å². The fourth-order valence-corrected chi connectivity index (χ4v) is 4.29.